The molecule has 0 spiro atoms. The van der Waals surface area contributed by atoms with Crippen molar-refractivity contribution < 1.29 is 5.11 Å². The summed E-state index contributed by atoms with van der Waals surface area (Å²) in [6.07, 6.45) is 2.42. The van der Waals surface area contributed by atoms with Crippen LogP contribution < -0.4 is 0 Å². The van der Waals surface area contributed by atoms with E-state index >= 15 is 0 Å². The Morgan fingerprint density at radius 3 is 2.58 bits per heavy atom. The Morgan fingerprint density at radius 1 is 1.25 bits per heavy atom. The number of H-pyrrole nitrogens is 1. The highest BCUT2D eigenvalue weighted by Crippen LogP contribution is 2.24. The SMILES string of the molecule is Oc1[c]n[nH]c1-c1ccccc1. The van der Waals surface area contributed by atoms with Crippen LogP contribution in [0.25, 0.3) is 11.3 Å². The Morgan fingerprint density at radius 2 is 2.00 bits per heavy atom. The van der Waals surface area contributed by atoms with E-state index in [-0.39, 0.29) is 5.75 Å². The van der Waals surface area contributed by atoms with E-state index in [2.05, 4.69) is 16.4 Å². The van der Waals surface area contributed by atoms with Crippen molar-refractivity contribution in [3.63, 3.8) is 0 Å². The zero-order valence-corrected chi connectivity index (χ0v) is 6.28. The van der Waals surface area contributed by atoms with Crippen molar-refractivity contribution in [1.29, 1.82) is 0 Å². The van der Waals surface area contributed by atoms with Gasteiger partial charge in [0.15, 0.2) is 11.9 Å². The Kier molecular flexibility index (Phi) is 1.55. The Labute approximate surface area is 69.7 Å². The molecule has 0 amide bonds. The fraction of sp³-hybridized carbons (Fsp3) is 0. The van der Waals surface area contributed by atoms with Gasteiger partial charge < -0.3 is 5.11 Å². The summed E-state index contributed by atoms with van der Waals surface area (Å²) in [7, 11) is 0. The first kappa shape index (κ1) is 6.91. The van der Waals surface area contributed by atoms with Gasteiger partial charge in [-0.15, -0.1) is 0 Å². The number of aromatic hydroxyl groups is 1. The van der Waals surface area contributed by atoms with Crippen molar-refractivity contribution in [2.24, 2.45) is 0 Å². The lowest BCUT2D eigenvalue weighted by Crippen LogP contribution is -1.76. The standard InChI is InChI=1S/C9H7N2O/c12-8-6-10-11-9(8)7-4-2-1-3-5-7/h1-5,12H,(H,10,11). The van der Waals surface area contributed by atoms with Crippen molar-refractivity contribution in [2.75, 3.05) is 0 Å². The molecule has 0 saturated carbocycles. The molecule has 1 aromatic heterocycles. The van der Waals surface area contributed by atoms with Gasteiger partial charge in [0, 0.05) is 5.56 Å². The lowest BCUT2D eigenvalue weighted by Gasteiger charge is -1.95. The maximum absolute atomic E-state index is 9.25. The molecule has 1 radical (unpaired) electrons. The zero-order chi connectivity index (χ0) is 8.39. The monoisotopic (exact) mass is 159 g/mol. The van der Waals surface area contributed by atoms with Gasteiger partial charge in [0.05, 0.1) is 0 Å². The van der Waals surface area contributed by atoms with Crippen LogP contribution in [0.3, 0.4) is 0 Å². The van der Waals surface area contributed by atoms with Gasteiger partial charge >= 0.3 is 0 Å². The highest BCUT2D eigenvalue weighted by molar-refractivity contribution is 5.64. The first-order chi connectivity index (χ1) is 5.88. The van der Waals surface area contributed by atoms with Crippen LogP contribution in [0, 0.1) is 6.20 Å². The lowest BCUT2D eigenvalue weighted by atomic mass is 10.1. The topological polar surface area (TPSA) is 48.9 Å². The maximum Gasteiger partial charge on any atom is 0.171 e. The van der Waals surface area contributed by atoms with Gasteiger partial charge in [-0.25, -0.2) is 0 Å². The predicted molar refractivity (Wildman–Crippen MR) is 44.5 cm³/mol. The molecule has 1 aromatic carbocycles. The van der Waals surface area contributed by atoms with E-state index in [9.17, 15) is 5.11 Å². The molecule has 2 aromatic rings. The zero-order valence-electron chi connectivity index (χ0n) is 6.28. The average molecular weight is 159 g/mol. The van der Waals surface area contributed by atoms with E-state index in [1.54, 1.807) is 0 Å². The largest absolute Gasteiger partial charge is 0.504 e. The van der Waals surface area contributed by atoms with E-state index in [1.807, 2.05) is 30.3 Å². The molecule has 0 aliphatic carbocycles. The minimum absolute atomic E-state index is 0.0567. The Bertz CT molecular complexity index is 367. The number of aromatic amines is 1. The predicted octanol–water partition coefficient (Wildman–Crippen LogP) is 1.58. The average Bonchev–Trinajstić information content (AvgIpc) is 2.53. The highest BCUT2D eigenvalue weighted by atomic mass is 16.3. The van der Waals surface area contributed by atoms with Crippen LogP contribution in [0.4, 0.5) is 0 Å². The molecule has 12 heavy (non-hydrogen) atoms. The first-order valence-electron chi connectivity index (χ1n) is 3.58. The van der Waals surface area contributed by atoms with E-state index in [0.717, 1.165) is 5.56 Å². The first-order valence-corrected chi connectivity index (χ1v) is 3.58. The molecule has 3 nitrogen and oxygen atoms in total. The second-order valence-corrected chi connectivity index (χ2v) is 2.43. The van der Waals surface area contributed by atoms with E-state index in [1.165, 1.54) is 0 Å². The molecule has 3 heteroatoms. The molecule has 0 unspecified atom stereocenters. The summed E-state index contributed by atoms with van der Waals surface area (Å²) in [6, 6.07) is 9.49. The van der Waals surface area contributed by atoms with Gasteiger partial charge in [-0.05, 0) is 0 Å². The number of rotatable bonds is 1. The van der Waals surface area contributed by atoms with Crippen LogP contribution in [0.15, 0.2) is 30.3 Å². The third-order valence-electron chi connectivity index (χ3n) is 1.63. The van der Waals surface area contributed by atoms with Gasteiger partial charge in [0.1, 0.15) is 5.69 Å². The van der Waals surface area contributed by atoms with E-state index in [4.69, 9.17) is 0 Å². The molecule has 2 N–H and O–H groups in total. The normalized spacial score (nSPS) is 10.0. The summed E-state index contributed by atoms with van der Waals surface area (Å²) in [5.74, 6) is 0.0567. The highest BCUT2D eigenvalue weighted by Gasteiger charge is 2.04. The third kappa shape index (κ3) is 1.05. The van der Waals surface area contributed by atoms with Crippen LogP contribution >= 0.6 is 0 Å². The maximum atomic E-state index is 9.25. The smallest absolute Gasteiger partial charge is 0.171 e. The molecule has 0 aliphatic rings. The fourth-order valence-corrected chi connectivity index (χ4v) is 1.05. The summed E-state index contributed by atoms with van der Waals surface area (Å²) in [6.45, 7) is 0. The minimum atomic E-state index is 0.0567. The number of nitrogens with one attached hydrogen (secondary N) is 1. The molecule has 0 fully saturated rings. The summed E-state index contributed by atoms with van der Waals surface area (Å²) in [5.41, 5.74) is 1.51. The number of hydrogen-bond acceptors (Lipinski definition) is 2. The van der Waals surface area contributed by atoms with Gasteiger partial charge in [-0.1, -0.05) is 30.3 Å². The third-order valence-corrected chi connectivity index (χ3v) is 1.63. The van der Waals surface area contributed by atoms with Crippen molar-refractivity contribution in [3.8, 4) is 17.0 Å². The van der Waals surface area contributed by atoms with Gasteiger partial charge in [-0.3, -0.25) is 5.10 Å². The summed E-state index contributed by atoms with van der Waals surface area (Å²) < 4.78 is 0. The van der Waals surface area contributed by atoms with Crippen LogP contribution in [-0.4, -0.2) is 15.3 Å². The molecule has 2 rings (SSSR count). The molecular formula is C9H7N2O. The van der Waals surface area contributed by atoms with Crippen LogP contribution in [-0.2, 0) is 0 Å². The van der Waals surface area contributed by atoms with Gasteiger partial charge in [0.2, 0.25) is 0 Å². The van der Waals surface area contributed by atoms with Crippen LogP contribution in [0.2, 0.25) is 0 Å². The summed E-state index contributed by atoms with van der Waals surface area (Å²) in [4.78, 5) is 0. The van der Waals surface area contributed by atoms with Crippen molar-refractivity contribution in [2.45, 2.75) is 0 Å². The van der Waals surface area contributed by atoms with E-state index < -0.39 is 0 Å². The second kappa shape index (κ2) is 2.70. The quantitative estimate of drug-likeness (QED) is 0.663. The summed E-state index contributed by atoms with van der Waals surface area (Å²) in [5, 5.41) is 15.5. The van der Waals surface area contributed by atoms with Crippen molar-refractivity contribution >= 4 is 0 Å². The van der Waals surface area contributed by atoms with Crippen molar-refractivity contribution in [1.82, 2.24) is 10.2 Å². The van der Waals surface area contributed by atoms with Crippen LogP contribution in [0.5, 0.6) is 5.75 Å². The van der Waals surface area contributed by atoms with E-state index in [0.29, 0.717) is 5.69 Å². The molecule has 0 aliphatic heterocycles. The molecule has 0 saturated heterocycles. The number of aromatic nitrogens is 2. The molecular weight excluding hydrogens is 152 g/mol. The molecule has 0 atom stereocenters. The Hall–Kier alpha value is -1.77. The number of nitrogens with zero attached hydrogens (tertiary/aromatic N) is 1. The number of benzene rings is 1. The lowest BCUT2D eigenvalue weighted by molar-refractivity contribution is 0.476. The Balaban J connectivity index is 2.51. The van der Waals surface area contributed by atoms with Crippen LogP contribution in [0.1, 0.15) is 0 Å². The minimum Gasteiger partial charge on any atom is -0.504 e. The second-order valence-electron chi connectivity index (χ2n) is 2.43. The molecule has 0 bridgehead atoms. The molecule has 1 heterocycles. The molecule has 59 valence electrons. The number of hydrogen-bond donors (Lipinski definition) is 2. The van der Waals surface area contributed by atoms with Gasteiger partial charge in [-0.2, -0.15) is 5.10 Å². The van der Waals surface area contributed by atoms with Crippen molar-refractivity contribution in [3.05, 3.63) is 36.5 Å². The fourth-order valence-electron chi connectivity index (χ4n) is 1.05. The van der Waals surface area contributed by atoms with Gasteiger partial charge in [0.25, 0.3) is 0 Å². The summed E-state index contributed by atoms with van der Waals surface area (Å²) >= 11 is 0.